The summed E-state index contributed by atoms with van der Waals surface area (Å²) in [6, 6.07) is 15.9. The Bertz CT molecular complexity index is 1300. The van der Waals surface area contributed by atoms with Gasteiger partial charge in [-0.15, -0.1) is 11.3 Å². The van der Waals surface area contributed by atoms with E-state index in [0.717, 1.165) is 27.3 Å². The molecule has 4 aromatic rings. The summed E-state index contributed by atoms with van der Waals surface area (Å²) < 4.78 is 22.4. The van der Waals surface area contributed by atoms with Gasteiger partial charge in [-0.25, -0.2) is 9.07 Å². The first-order valence-electron chi connectivity index (χ1n) is 9.35. The molecule has 4 heterocycles. The molecule has 5 nitrogen and oxygen atoms in total. The molecule has 0 radical (unpaired) electrons. The Kier molecular flexibility index (Phi) is 3.94. The highest BCUT2D eigenvalue weighted by molar-refractivity contribution is 7.10. The summed E-state index contributed by atoms with van der Waals surface area (Å²) >= 11 is 7.94. The summed E-state index contributed by atoms with van der Waals surface area (Å²) in [4.78, 5) is 5.48. The molecule has 2 aromatic heterocycles. The summed E-state index contributed by atoms with van der Waals surface area (Å²) in [5.41, 5.74) is 3.39. The van der Waals surface area contributed by atoms with E-state index in [1.165, 1.54) is 18.5 Å². The number of hydrogen-bond acceptors (Lipinski definition) is 5. The van der Waals surface area contributed by atoms with Crippen LogP contribution in [0.1, 0.15) is 28.1 Å². The van der Waals surface area contributed by atoms with Gasteiger partial charge in [-0.05, 0) is 47.3 Å². The monoisotopic (exact) mass is 436 g/mol. The van der Waals surface area contributed by atoms with Crippen LogP contribution in [0, 0.1) is 5.82 Å². The number of rotatable bonds is 2. The lowest BCUT2D eigenvalue weighted by atomic mass is 9.87. The Morgan fingerprint density at radius 1 is 1.13 bits per heavy atom. The molecule has 30 heavy (non-hydrogen) atoms. The number of nitrogens with zero attached hydrogens (tertiary/aromatic N) is 3. The van der Waals surface area contributed by atoms with E-state index in [1.807, 2.05) is 34.3 Å². The van der Waals surface area contributed by atoms with E-state index in [1.54, 1.807) is 23.5 Å². The lowest BCUT2D eigenvalue weighted by molar-refractivity contribution is 0.223. The number of benzene rings is 2. The van der Waals surface area contributed by atoms with Gasteiger partial charge in [0, 0.05) is 21.0 Å². The number of thiophene rings is 1. The van der Waals surface area contributed by atoms with E-state index in [-0.39, 0.29) is 11.9 Å². The topological polar surface area (TPSA) is 52.0 Å². The lowest BCUT2D eigenvalue weighted by Gasteiger charge is -2.38. The number of anilines is 1. The lowest BCUT2D eigenvalue weighted by Crippen LogP contribution is -2.32. The van der Waals surface area contributed by atoms with Gasteiger partial charge in [-0.1, -0.05) is 29.8 Å². The van der Waals surface area contributed by atoms with E-state index in [2.05, 4.69) is 21.5 Å². The van der Waals surface area contributed by atoms with Crippen molar-refractivity contribution in [2.24, 2.45) is 0 Å². The second-order valence-electron chi connectivity index (χ2n) is 7.09. The SMILES string of the molecule is Fc1cccc(C2Oc3ccc(Cl)cc3C3=C2C(c2cccs2)n2ncnc2N3)c1. The van der Waals surface area contributed by atoms with Crippen molar-refractivity contribution in [1.82, 2.24) is 14.8 Å². The van der Waals surface area contributed by atoms with Gasteiger partial charge in [0.2, 0.25) is 5.95 Å². The first-order valence-corrected chi connectivity index (χ1v) is 10.6. The smallest absolute Gasteiger partial charge is 0.226 e. The van der Waals surface area contributed by atoms with Gasteiger partial charge in [-0.3, -0.25) is 0 Å². The summed E-state index contributed by atoms with van der Waals surface area (Å²) in [6.45, 7) is 0. The molecule has 0 saturated heterocycles. The van der Waals surface area contributed by atoms with Crippen LogP contribution in [0.4, 0.5) is 10.3 Å². The highest BCUT2D eigenvalue weighted by Crippen LogP contribution is 2.51. The molecule has 0 fully saturated rings. The second kappa shape index (κ2) is 6.68. The van der Waals surface area contributed by atoms with Crippen molar-refractivity contribution in [3.63, 3.8) is 0 Å². The Morgan fingerprint density at radius 3 is 2.90 bits per heavy atom. The molecule has 2 atom stereocenters. The number of ether oxygens (including phenoxy) is 1. The fourth-order valence-electron chi connectivity index (χ4n) is 4.11. The Balaban J connectivity index is 1.65. The predicted molar refractivity (Wildman–Crippen MR) is 114 cm³/mol. The molecule has 0 spiro atoms. The summed E-state index contributed by atoms with van der Waals surface area (Å²) in [5, 5.41) is 10.5. The first-order chi connectivity index (χ1) is 14.7. The minimum absolute atomic E-state index is 0.237. The molecule has 2 aliphatic heterocycles. The van der Waals surface area contributed by atoms with Gasteiger partial charge in [0.15, 0.2) is 0 Å². The van der Waals surface area contributed by atoms with Crippen molar-refractivity contribution in [2.75, 3.05) is 5.32 Å². The van der Waals surface area contributed by atoms with Crippen molar-refractivity contribution in [1.29, 1.82) is 0 Å². The minimum Gasteiger partial charge on any atom is -0.480 e. The van der Waals surface area contributed by atoms with Gasteiger partial charge in [0.1, 0.15) is 30.0 Å². The van der Waals surface area contributed by atoms with E-state index in [0.29, 0.717) is 16.7 Å². The third-order valence-corrected chi connectivity index (χ3v) is 6.50. The fraction of sp³-hybridized carbons (Fsp3) is 0.0909. The molecule has 0 amide bonds. The van der Waals surface area contributed by atoms with E-state index in [4.69, 9.17) is 16.3 Å². The summed E-state index contributed by atoms with van der Waals surface area (Å²) in [7, 11) is 0. The van der Waals surface area contributed by atoms with Crippen molar-refractivity contribution >= 4 is 34.6 Å². The number of halogens is 2. The maximum atomic E-state index is 14.1. The Morgan fingerprint density at radius 2 is 2.07 bits per heavy atom. The minimum atomic E-state index is -0.499. The van der Waals surface area contributed by atoms with Gasteiger partial charge < -0.3 is 10.1 Å². The first kappa shape index (κ1) is 17.7. The zero-order valence-corrected chi connectivity index (χ0v) is 17.0. The van der Waals surface area contributed by atoms with E-state index < -0.39 is 6.10 Å². The average molecular weight is 437 g/mol. The standard InChI is InChI=1S/C22H14ClFN4OS/c23-13-6-7-16-15(10-13)19-18(21(29-16)12-3-1-4-14(24)9-12)20(17-5-2-8-30-17)28-22(27-19)25-11-26-28/h1-11,20-21H,(H,25,26,27). The molecule has 0 saturated carbocycles. The third-order valence-electron chi connectivity index (χ3n) is 5.34. The highest BCUT2D eigenvalue weighted by atomic mass is 35.5. The summed E-state index contributed by atoms with van der Waals surface area (Å²) in [6.07, 6.45) is 1.03. The molecule has 148 valence electrons. The molecule has 0 bridgehead atoms. The molecular weight excluding hydrogens is 423 g/mol. The Labute approximate surface area is 180 Å². The normalized spacial score (nSPS) is 19.4. The van der Waals surface area contributed by atoms with Crippen LogP contribution >= 0.6 is 22.9 Å². The van der Waals surface area contributed by atoms with Crippen LogP contribution in [0.3, 0.4) is 0 Å². The van der Waals surface area contributed by atoms with Crippen LogP contribution in [0.15, 0.2) is 71.9 Å². The molecule has 1 N–H and O–H groups in total. The average Bonchev–Trinajstić information content (AvgIpc) is 3.44. The van der Waals surface area contributed by atoms with Crippen molar-refractivity contribution in [3.8, 4) is 5.75 Å². The van der Waals surface area contributed by atoms with Crippen LogP contribution < -0.4 is 10.1 Å². The second-order valence-corrected chi connectivity index (χ2v) is 8.51. The van der Waals surface area contributed by atoms with E-state index >= 15 is 0 Å². The number of nitrogens with one attached hydrogen (secondary N) is 1. The van der Waals surface area contributed by atoms with Crippen molar-refractivity contribution < 1.29 is 9.13 Å². The zero-order chi connectivity index (χ0) is 20.2. The molecule has 8 heteroatoms. The molecule has 0 aliphatic carbocycles. The zero-order valence-electron chi connectivity index (χ0n) is 15.4. The van der Waals surface area contributed by atoms with Gasteiger partial charge >= 0.3 is 0 Å². The molecule has 2 aromatic carbocycles. The highest BCUT2D eigenvalue weighted by Gasteiger charge is 2.41. The quantitative estimate of drug-likeness (QED) is 0.438. The van der Waals surface area contributed by atoms with Gasteiger partial charge in [-0.2, -0.15) is 10.1 Å². The van der Waals surface area contributed by atoms with Crippen LogP contribution in [0.25, 0.3) is 5.70 Å². The van der Waals surface area contributed by atoms with E-state index in [9.17, 15) is 4.39 Å². The largest absolute Gasteiger partial charge is 0.480 e. The molecular formula is C22H14ClFN4OS. The molecule has 2 unspecified atom stereocenters. The van der Waals surface area contributed by atoms with Gasteiger partial charge in [0.25, 0.3) is 0 Å². The fourth-order valence-corrected chi connectivity index (χ4v) is 5.11. The van der Waals surface area contributed by atoms with Gasteiger partial charge in [0.05, 0.1) is 5.70 Å². The number of hydrogen-bond donors (Lipinski definition) is 1. The number of fused-ring (bicyclic) bond motifs is 3. The maximum Gasteiger partial charge on any atom is 0.226 e. The van der Waals surface area contributed by atoms with Crippen LogP contribution in [0.5, 0.6) is 5.75 Å². The van der Waals surface area contributed by atoms with Crippen LogP contribution in [-0.4, -0.2) is 14.8 Å². The van der Waals surface area contributed by atoms with Crippen molar-refractivity contribution in [3.05, 3.63) is 98.7 Å². The van der Waals surface area contributed by atoms with Crippen LogP contribution in [-0.2, 0) is 0 Å². The molecule has 6 rings (SSSR count). The third kappa shape index (κ3) is 2.66. The van der Waals surface area contributed by atoms with Crippen molar-refractivity contribution in [2.45, 2.75) is 12.1 Å². The Hall–Kier alpha value is -3.16. The number of aromatic nitrogens is 3. The maximum absolute atomic E-state index is 14.1. The predicted octanol–water partition coefficient (Wildman–Crippen LogP) is 5.69. The summed E-state index contributed by atoms with van der Waals surface area (Å²) in [5.74, 6) is 1.01. The molecule has 2 aliphatic rings. The van der Waals surface area contributed by atoms with Crippen LogP contribution in [0.2, 0.25) is 5.02 Å².